The van der Waals surface area contributed by atoms with Gasteiger partial charge >= 0.3 is 18.1 Å². The largest absolute Gasteiger partial charge is 0.490 e. The predicted octanol–water partition coefficient (Wildman–Crippen LogP) is 2.63. The number of nitrogen functional groups attached to an aromatic ring is 1. The van der Waals surface area contributed by atoms with Gasteiger partial charge in [0.1, 0.15) is 17.8 Å². The number of ether oxygens (including phenoxy) is 1. The number of nitrogens with one attached hydrogen (secondary N) is 3. The third-order valence-electron chi connectivity index (χ3n) is 4.86. The highest BCUT2D eigenvalue weighted by Crippen LogP contribution is 2.30. The second-order valence-corrected chi connectivity index (χ2v) is 7.68. The smallest absolute Gasteiger partial charge is 0.475 e. The van der Waals surface area contributed by atoms with Crippen molar-refractivity contribution >= 4 is 35.3 Å². The van der Waals surface area contributed by atoms with Crippen molar-refractivity contribution in [2.24, 2.45) is 5.73 Å². The Morgan fingerprint density at radius 1 is 1.03 bits per heavy atom. The number of halogens is 4. The number of esters is 1. The number of carboxylic acids is 1. The Morgan fingerprint density at radius 3 is 2.08 bits per heavy atom. The van der Waals surface area contributed by atoms with Crippen molar-refractivity contribution in [2.75, 3.05) is 5.32 Å². The molecule has 1 aliphatic heterocycles. The average Bonchev–Trinajstić information content (AvgIpc) is 3.18. The first-order valence-corrected chi connectivity index (χ1v) is 10.5. The van der Waals surface area contributed by atoms with Crippen molar-refractivity contribution in [1.82, 2.24) is 5.32 Å². The number of amidine groups is 1. The lowest BCUT2D eigenvalue weighted by molar-refractivity contribution is -0.192. The molecule has 1 saturated heterocycles. The molecular formula is C23H22F4N4O6. The second kappa shape index (κ2) is 12.5. The van der Waals surface area contributed by atoms with Crippen LogP contribution in [0.4, 0.5) is 23.2 Å². The number of amides is 2. The van der Waals surface area contributed by atoms with E-state index < -0.39 is 42.0 Å². The number of carbonyl (C=O) groups excluding carboxylic acids is 3. The summed E-state index contributed by atoms with van der Waals surface area (Å²) in [5.41, 5.74) is 7.03. The number of nitrogens with two attached hydrogens (primary N) is 1. The first-order valence-electron chi connectivity index (χ1n) is 10.5. The normalized spacial score (nSPS) is 16.6. The summed E-state index contributed by atoms with van der Waals surface area (Å²) in [5, 5.41) is 19.8. The molecule has 6 N–H and O–H groups in total. The van der Waals surface area contributed by atoms with E-state index in [4.69, 9.17) is 25.8 Å². The number of benzene rings is 2. The monoisotopic (exact) mass is 526 g/mol. The minimum Gasteiger partial charge on any atom is -0.475 e. The zero-order valence-electron chi connectivity index (χ0n) is 19.0. The van der Waals surface area contributed by atoms with Crippen molar-refractivity contribution < 1.29 is 46.6 Å². The summed E-state index contributed by atoms with van der Waals surface area (Å²) in [6, 6.07) is 11.4. The Morgan fingerprint density at radius 2 is 1.57 bits per heavy atom. The summed E-state index contributed by atoms with van der Waals surface area (Å²) in [7, 11) is 0. The van der Waals surface area contributed by atoms with Gasteiger partial charge in [-0.1, -0.05) is 12.1 Å². The fourth-order valence-corrected chi connectivity index (χ4v) is 3.10. The van der Waals surface area contributed by atoms with E-state index in [2.05, 4.69) is 10.6 Å². The lowest BCUT2D eigenvalue weighted by atomic mass is 10.0. The number of rotatable bonds is 7. The summed E-state index contributed by atoms with van der Waals surface area (Å²) in [6.07, 6.45) is -5.90. The lowest BCUT2D eigenvalue weighted by Gasteiger charge is -2.19. The van der Waals surface area contributed by atoms with Crippen LogP contribution in [-0.4, -0.2) is 46.9 Å². The van der Waals surface area contributed by atoms with Gasteiger partial charge in [-0.05, 0) is 42.0 Å². The molecule has 0 aromatic heterocycles. The van der Waals surface area contributed by atoms with E-state index in [0.717, 1.165) is 0 Å². The fraction of sp³-hybridized carbons (Fsp3) is 0.261. The molecule has 0 aliphatic carbocycles. The molecule has 2 amide bonds. The molecule has 198 valence electrons. The van der Waals surface area contributed by atoms with E-state index in [1.807, 2.05) is 0 Å². The van der Waals surface area contributed by atoms with Gasteiger partial charge in [0.05, 0.1) is 12.5 Å². The molecule has 1 unspecified atom stereocenters. The molecule has 0 bridgehead atoms. The third-order valence-corrected chi connectivity index (χ3v) is 4.86. The first kappa shape index (κ1) is 28.7. The number of cyclic esters (lactones) is 1. The summed E-state index contributed by atoms with van der Waals surface area (Å²) >= 11 is 0. The third kappa shape index (κ3) is 9.23. The Bertz CT molecular complexity index is 1150. The highest BCUT2D eigenvalue weighted by molar-refractivity contribution is 5.96. The van der Waals surface area contributed by atoms with Crippen molar-refractivity contribution in [3.05, 3.63) is 65.5 Å². The Kier molecular flexibility index (Phi) is 9.68. The summed E-state index contributed by atoms with van der Waals surface area (Å²) < 4.78 is 50.1. The molecule has 0 saturated carbocycles. The van der Waals surface area contributed by atoms with E-state index in [0.29, 0.717) is 16.8 Å². The van der Waals surface area contributed by atoms with Crippen LogP contribution >= 0.6 is 0 Å². The zero-order valence-corrected chi connectivity index (χ0v) is 19.0. The Balaban J connectivity index is 0.000000604. The van der Waals surface area contributed by atoms with E-state index in [9.17, 15) is 31.9 Å². The topological polar surface area (TPSA) is 172 Å². The molecule has 1 aliphatic rings. The van der Waals surface area contributed by atoms with Gasteiger partial charge < -0.3 is 26.2 Å². The number of aliphatic carboxylic acids is 1. The van der Waals surface area contributed by atoms with Crippen LogP contribution in [-0.2, 0) is 23.9 Å². The van der Waals surface area contributed by atoms with Crippen LogP contribution in [0.5, 0.6) is 0 Å². The second-order valence-electron chi connectivity index (χ2n) is 7.68. The zero-order chi connectivity index (χ0) is 27.8. The fourth-order valence-electron chi connectivity index (χ4n) is 3.10. The first-order chi connectivity index (χ1) is 17.3. The van der Waals surface area contributed by atoms with Crippen molar-refractivity contribution in [3.63, 3.8) is 0 Å². The maximum Gasteiger partial charge on any atom is 0.490 e. The van der Waals surface area contributed by atoms with E-state index in [-0.39, 0.29) is 31.0 Å². The van der Waals surface area contributed by atoms with Crippen molar-refractivity contribution in [1.29, 1.82) is 5.41 Å². The molecule has 2 aromatic carbocycles. The quantitative estimate of drug-likeness (QED) is 0.160. The molecule has 0 radical (unpaired) electrons. The van der Waals surface area contributed by atoms with E-state index in [1.54, 1.807) is 24.3 Å². The lowest BCUT2D eigenvalue weighted by Crippen LogP contribution is -2.37. The van der Waals surface area contributed by atoms with Gasteiger partial charge in [-0.25, -0.2) is 9.18 Å². The van der Waals surface area contributed by atoms with Crippen LogP contribution < -0.4 is 16.4 Å². The van der Waals surface area contributed by atoms with Crippen LogP contribution in [0.25, 0.3) is 0 Å². The standard InChI is InChI=1S/C21H21FN4O4.C2HF3O2/c22-14-5-1-12(2-6-14)20-16(11-19(29)30-20)26-18(28)10-9-17(27)25-15-7-3-13(4-8-15)21(23)24;3-2(4,5)1(6)7/h1-8,16,20H,9-11H2,(H3,23,24)(H,25,27)(H,26,28);(H,6,7)/t16-,20?;/m0./s1. The van der Waals surface area contributed by atoms with Gasteiger partial charge in [-0.15, -0.1) is 0 Å². The number of carboxylic acid groups (broad SMARTS) is 1. The molecule has 10 nitrogen and oxygen atoms in total. The minimum absolute atomic E-state index is 0.00246. The van der Waals surface area contributed by atoms with Gasteiger partial charge in [0.2, 0.25) is 11.8 Å². The minimum atomic E-state index is -5.08. The average molecular weight is 526 g/mol. The predicted molar refractivity (Wildman–Crippen MR) is 121 cm³/mol. The number of alkyl halides is 3. The maximum absolute atomic E-state index is 13.1. The molecule has 2 atom stereocenters. The number of hydrogen-bond donors (Lipinski definition) is 5. The molecule has 14 heteroatoms. The number of carbonyl (C=O) groups is 4. The highest BCUT2D eigenvalue weighted by Gasteiger charge is 2.38. The number of hydrogen-bond acceptors (Lipinski definition) is 6. The maximum atomic E-state index is 13.1. The molecule has 3 rings (SSSR count). The summed E-state index contributed by atoms with van der Waals surface area (Å²) in [5.74, 6) is -4.45. The van der Waals surface area contributed by atoms with E-state index in [1.165, 1.54) is 24.3 Å². The van der Waals surface area contributed by atoms with Gasteiger partial charge in [0, 0.05) is 24.1 Å². The van der Waals surface area contributed by atoms with Gasteiger partial charge in [-0.2, -0.15) is 13.2 Å². The van der Waals surface area contributed by atoms with Crippen LogP contribution in [0.1, 0.15) is 36.5 Å². The van der Waals surface area contributed by atoms with Gasteiger partial charge in [-0.3, -0.25) is 19.8 Å². The molecular weight excluding hydrogens is 504 g/mol. The molecule has 2 aromatic rings. The summed E-state index contributed by atoms with van der Waals surface area (Å²) in [4.78, 5) is 44.9. The van der Waals surface area contributed by atoms with Crippen LogP contribution in [0.2, 0.25) is 0 Å². The molecule has 1 heterocycles. The molecule has 37 heavy (non-hydrogen) atoms. The SMILES string of the molecule is N=C(N)c1ccc(NC(=O)CCC(=O)N[C@H]2CC(=O)OC2c2ccc(F)cc2)cc1.O=C(O)C(F)(F)F. The van der Waals surface area contributed by atoms with Crippen LogP contribution in [0.3, 0.4) is 0 Å². The molecule has 0 spiro atoms. The Labute approximate surface area is 207 Å². The van der Waals surface area contributed by atoms with Gasteiger partial charge in [0.15, 0.2) is 0 Å². The summed E-state index contributed by atoms with van der Waals surface area (Å²) in [6.45, 7) is 0. The van der Waals surface area contributed by atoms with Crippen molar-refractivity contribution in [2.45, 2.75) is 37.6 Å². The van der Waals surface area contributed by atoms with Gasteiger partial charge in [0.25, 0.3) is 0 Å². The molecule has 1 fully saturated rings. The highest BCUT2D eigenvalue weighted by atomic mass is 19.4. The van der Waals surface area contributed by atoms with E-state index >= 15 is 0 Å². The Hall–Kier alpha value is -4.49. The number of anilines is 1. The van der Waals surface area contributed by atoms with Crippen molar-refractivity contribution in [3.8, 4) is 0 Å². The van der Waals surface area contributed by atoms with Crippen LogP contribution in [0.15, 0.2) is 48.5 Å². The van der Waals surface area contributed by atoms with Crippen LogP contribution in [0, 0.1) is 11.2 Å².